The van der Waals surface area contributed by atoms with Gasteiger partial charge in [0.25, 0.3) is 5.91 Å². The zero-order valence-corrected chi connectivity index (χ0v) is 25.2. The highest BCUT2D eigenvalue weighted by atomic mass is 32.2. The van der Waals surface area contributed by atoms with Crippen molar-refractivity contribution in [2.24, 2.45) is 4.99 Å². The van der Waals surface area contributed by atoms with Gasteiger partial charge in [-0.05, 0) is 53.9 Å². The number of carbonyl (C=O) groups excluding carboxylic acids is 1. The Labute approximate surface area is 258 Å². The molecule has 0 saturated heterocycles. The molecular formula is C35H36N2O6S. The molecule has 8 nitrogen and oxygen atoms in total. The van der Waals surface area contributed by atoms with Gasteiger partial charge in [-0.2, -0.15) is 0 Å². The predicted octanol–water partition coefficient (Wildman–Crippen LogP) is 4.93. The molecule has 0 aliphatic carbocycles. The van der Waals surface area contributed by atoms with E-state index in [9.17, 15) is 13.2 Å². The van der Waals surface area contributed by atoms with Crippen LogP contribution in [-0.4, -0.2) is 56.4 Å². The van der Waals surface area contributed by atoms with Crippen LogP contribution in [0.1, 0.15) is 35.6 Å². The van der Waals surface area contributed by atoms with Crippen molar-refractivity contribution in [3.05, 3.63) is 132 Å². The summed E-state index contributed by atoms with van der Waals surface area (Å²) in [6.45, 7) is 0.771. The molecule has 4 aromatic rings. The second kappa shape index (κ2) is 14.3. The molecule has 2 atom stereocenters. The van der Waals surface area contributed by atoms with Crippen LogP contribution in [0.4, 0.5) is 0 Å². The summed E-state index contributed by atoms with van der Waals surface area (Å²) < 4.78 is 39.0. The molecule has 9 heteroatoms. The highest BCUT2D eigenvalue weighted by Crippen LogP contribution is 2.43. The zero-order chi connectivity index (χ0) is 30.8. The van der Waals surface area contributed by atoms with E-state index in [1.807, 2.05) is 60.7 Å². The monoisotopic (exact) mass is 612 g/mol. The maximum absolute atomic E-state index is 14.2. The Morgan fingerprint density at radius 1 is 0.886 bits per heavy atom. The van der Waals surface area contributed by atoms with Gasteiger partial charge in [-0.3, -0.25) is 4.79 Å². The van der Waals surface area contributed by atoms with E-state index < -0.39 is 27.4 Å². The van der Waals surface area contributed by atoms with Crippen LogP contribution in [0, 0.1) is 0 Å². The van der Waals surface area contributed by atoms with Crippen LogP contribution in [0.3, 0.4) is 0 Å². The second-order valence-corrected chi connectivity index (χ2v) is 12.7. The Balaban J connectivity index is 1.49. The largest absolute Gasteiger partial charge is 0.494 e. The predicted molar refractivity (Wildman–Crippen MR) is 169 cm³/mol. The van der Waals surface area contributed by atoms with E-state index in [1.54, 1.807) is 54.6 Å². The number of nitrogens with one attached hydrogen (secondary N) is 1. The number of nitrogens with zero attached hydrogens (tertiary/aromatic N) is 1. The number of aliphatic imine (C=N–C) groups is 1. The lowest BCUT2D eigenvalue weighted by Crippen LogP contribution is -2.49. The van der Waals surface area contributed by atoms with Gasteiger partial charge in [0.2, 0.25) is 5.90 Å². The lowest BCUT2D eigenvalue weighted by molar-refractivity contribution is -0.129. The van der Waals surface area contributed by atoms with E-state index >= 15 is 0 Å². The maximum Gasteiger partial charge on any atom is 0.252 e. The number of ether oxygens (including phenoxy) is 2. The summed E-state index contributed by atoms with van der Waals surface area (Å²) in [5.41, 5.74) is 0.864. The number of benzene rings is 4. The van der Waals surface area contributed by atoms with Gasteiger partial charge in [0, 0.05) is 31.6 Å². The van der Waals surface area contributed by atoms with Crippen molar-refractivity contribution in [1.82, 2.24) is 5.32 Å². The van der Waals surface area contributed by atoms with Crippen molar-refractivity contribution < 1.29 is 27.8 Å². The summed E-state index contributed by atoms with van der Waals surface area (Å²) in [5, 5.41) is 12.1. The summed E-state index contributed by atoms with van der Waals surface area (Å²) in [7, 11) is -3.73. The minimum absolute atomic E-state index is 0.0408. The van der Waals surface area contributed by atoms with Crippen molar-refractivity contribution in [3.8, 4) is 5.75 Å². The second-order valence-electron chi connectivity index (χ2n) is 10.6. The van der Waals surface area contributed by atoms with E-state index in [0.29, 0.717) is 42.9 Å². The van der Waals surface area contributed by atoms with Gasteiger partial charge < -0.3 is 19.9 Å². The summed E-state index contributed by atoms with van der Waals surface area (Å²) in [4.78, 5) is 19.3. The Kier molecular flexibility index (Phi) is 10.1. The topological polar surface area (TPSA) is 114 Å². The molecule has 4 aromatic carbocycles. The fraction of sp³-hybridized carbons (Fsp3) is 0.257. The molecule has 1 amide bonds. The first kappa shape index (κ1) is 31.0. The standard InChI is InChI=1S/C35H36N2O6S/c38-24-10-25-42-30-19-17-29(18-20-30)33-37-35(32(43-33)28-13-6-2-7-14-28,22-26-44(40,41)31-15-8-3-9-16-31)34(39)36-23-21-27-11-4-1-5-12-27/h1-9,11-20,32,38H,10,21-26H2,(H,36,39)/t32-,35-/m1/s1. The van der Waals surface area contributed by atoms with Gasteiger partial charge in [0.1, 0.15) is 5.75 Å². The number of aliphatic hydroxyl groups is 1. The molecule has 0 bridgehead atoms. The van der Waals surface area contributed by atoms with Gasteiger partial charge in [-0.15, -0.1) is 0 Å². The van der Waals surface area contributed by atoms with Crippen LogP contribution >= 0.6 is 0 Å². The van der Waals surface area contributed by atoms with Gasteiger partial charge >= 0.3 is 0 Å². The van der Waals surface area contributed by atoms with Gasteiger partial charge in [0.05, 0.1) is 17.3 Å². The number of sulfone groups is 1. The third kappa shape index (κ3) is 7.35. The SMILES string of the molecule is O=C(NCCc1ccccc1)[C@]1(CCS(=O)(=O)c2ccccc2)N=C(c2ccc(OCCCO)cc2)O[C@@H]1c1ccccc1. The molecule has 0 unspecified atom stereocenters. The fourth-order valence-corrected chi connectivity index (χ4v) is 6.54. The first-order valence-corrected chi connectivity index (χ1v) is 16.3. The quantitative estimate of drug-likeness (QED) is 0.195. The molecule has 0 spiro atoms. The van der Waals surface area contributed by atoms with E-state index in [0.717, 1.165) is 5.56 Å². The van der Waals surface area contributed by atoms with Gasteiger partial charge in [-0.1, -0.05) is 78.9 Å². The number of amides is 1. The third-order valence-corrected chi connectivity index (χ3v) is 9.26. The third-order valence-electron chi connectivity index (χ3n) is 7.53. The van der Waals surface area contributed by atoms with Gasteiger partial charge in [0.15, 0.2) is 21.5 Å². The molecule has 0 fully saturated rings. The molecule has 5 rings (SSSR count). The maximum atomic E-state index is 14.2. The van der Waals surface area contributed by atoms with Crippen LogP contribution in [0.25, 0.3) is 0 Å². The van der Waals surface area contributed by atoms with Crippen molar-refractivity contribution in [2.75, 3.05) is 25.5 Å². The summed E-state index contributed by atoms with van der Waals surface area (Å²) >= 11 is 0. The molecule has 2 N–H and O–H groups in total. The first-order chi connectivity index (χ1) is 21.4. The molecule has 1 heterocycles. The van der Waals surface area contributed by atoms with Gasteiger partial charge in [-0.25, -0.2) is 13.4 Å². The number of hydrogen-bond donors (Lipinski definition) is 2. The Morgan fingerprint density at radius 2 is 1.52 bits per heavy atom. The molecule has 228 valence electrons. The number of carbonyl (C=O) groups is 1. The van der Waals surface area contributed by atoms with Crippen molar-refractivity contribution in [3.63, 3.8) is 0 Å². The number of aliphatic hydroxyl groups excluding tert-OH is 1. The molecule has 0 aromatic heterocycles. The van der Waals surface area contributed by atoms with E-state index in [1.165, 1.54) is 0 Å². The van der Waals surface area contributed by atoms with Crippen LogP contribution in [-0.2, 0) is 25.8 Å². The van der Waals surface area contributed by atoms with Crippen LogP contribution < -0.4 is 10.1 Å². The highest BCUT2D eigenvalue weighted by molar-refractivity contribution is 7.91. The molecular weight excluding hydrogens is 576 g/mol. The minimum atomic E-state index is -3.73. The molecule has 0 radical (unpaired) electrons. The average molecular weight is 613 g/mol. The lowest BCUT2D eigenvalue weighted by Gasteiger charge is -2.30. The molecule has 44 heavy (non-hydrogen) atoms. The van der Waals surface area contributed by atoms with Crippen LogP contribution in [0.2, 0.25) is 0 Å². The van der Waals surface area contributed by atoms with Crippen molar-refractivity contribution >= 4 is 21.6 Å². The molecule has 1 aliphatic heterocycles. The first-order valence-electron chi connectivity index (χ1n) is 14.7. The lowest BCUT2D eigenvalue weighted by atomic mass is 9.85. The van der Waals surface area contributed by atoms with Crippen molar-refractivity contribution in [1.29, 1.82) is 0 Å². The fourth-order valence-electron chi connectivity index (χ4n) is 5.15. The summed E-state index contributed by atoms with van der Waals surface area (Å²) in [5.74, 6) is 0.171. The Hall–Kier alpha value is -4.47. The van der Waals surface area contributed by atoms with Crippen molar-refractivity contribution in [2.45, 2.75) is 35.8 Å². The minimum Gasteiger partial charge on any atom is -0.494 e. The van der Waals surface area contributed by atoms with E-state index in [4.69, 9.17) is 19.6 Å². The number of hydrogen-bond acceptors (Lipinski definition) is 7. The van der Waals surface area contributed by atoms with E-state index in [2.05, 4.69) is 5.32 Å². The zero-order valence-electron chi connectivity index (χ0n) is 24.3. The van der Waals surface area contributed by atoms with Crippen LogP contribution in [0.15, 0.2) is 125 Å². The summed E-state index contributed by atoms with van der Waals surface area (Å²) in [6.07, 6.45) is 0.175. The smallest absolute Gasteiger partial charge is 0.252 e. The Bertz CT molecular complexity index is 1650. The van der Waals surface area contributed by atoms with E-state index in [-0.39, 0.29) is 29.6 Å². The molecule has 1 aliphatic rings. The normalized spacial score (nSPS) is 17.8. The van der Waals surface area contributed by atoms with Crippen LogP contribution in [0.5, 0.6) is 5.75 Å². The highest BCUT2D eigenvalue weighted by Gasteiger charge is 2.53. The molecule has 0 saturated carbocycles. The Morgan fingerprint density at radius 3 is 2.18 bits per heavy atom. The summed E-state index contributed by atoms with van der Waals surface area (Å²) in [6, 6.07) is 34.5. The number of rotatable bonds is 14. The average Bonchev–Trinajstić information content (AvgIpc) is 3.47.